The van der Waals surface area contributed by atoms with Gasteiger partial charge in [0, 0.05) is 11.9 Å². The Morgan fingerprint density at radius 3 is 2.77 bits per heavy atom. The second-order valence-corrected chi connectivity index (χ2v) is 6.25. The van der Waals surface area contributed by atoms with Crippen molar-refractivity contribution in [2.24, 2.45) is 5.92 Å². The number of hydrogen-bond acceptors (Lipinski definition) is 4. The summed E-state index contributed by atoms with van der Waals surface area (Å²) >= 11 is 1.37. The maximum Gasteiger partial charge on any atom is 0.270 e. The molecule has 22 heavy (non-hydrogen) atoms. The van der Waals surface area contributed by atoms with E-state index in [1.165, 1.54) is 23.5 Å². The number of rotatable bonds is 7. The van der Waals surface area contributed by atoms with Crippen LogP contribution in [0.2, 0.25) is 0 Å². The van der Waals surface area contributed by atoms with Crippen molar-refractivity contribution in [3.63, 3.8) is 0 Å². The fourth-order valence-electron chi connectivity index (χ4n) is 1.72. The maximum absolute atomic E-state index is 12.8. The van der Waals surface area contributed by atoms with E-state index in [2.05, 4.69) is 24.1 Å². The van der Waals surface area contributed by atoms with Crippen molar-refractivity contribution in [3.05, 3.63) is 46.2 Å². The number of thiazole rings is 1. The molecule has 0 bridgehead atoms. The highest BCUT2D eigenvalue weighted by Gasteiger charge is 2.11. The molecule has 1 N–H and O–H groups in total. The second-order valence-electron chi connectivity index (χ2n) is 5.31. The number of hydrogen-bond donors (Lipinski definition) is 1. The van der Waals surface area contributed by atoms with Gasteiger partial charge in [0.15, 0.2) is 0 Å². The van der Waals surface area contributed by atoms with Crippen molar-refractivity contribution in [3.8, 4) is 5.75 Å². The zero-order valence-corrected chi connectivity index (χ0v) is 13.5. The number of nitrogens with zero attached hydrogens (tertiary/aromatic N) is 1. The van der Waals surface area contributed by atoms with Gasteiger partial charge in [0.05, 0.1) is 0 Å². The van der Waals surface area contributed by atoms with Gasteiger partial charge in [-0.1, -0.05) is 13.8 Å². The molecule has 1 amide bonds. The summed E-state index contributed by atoms with van der Waals surface area (Å²) in [5, 5.41) is 5.27. The van der Waals surface area contributed by atoms with Gasteiger partial charge in [0.2, 0.25) is 0 Å². The summed E-state index contributed by atoms with van der Waals surface area (Å²) < 4.78 is 18.3. The zero-order valence-electron chi connectivity index (χ0n) is 12.6. The average Bonchev–Trinajstić information content (AvgIpc) is 2.95. The summed E-state index contributed by atoms with van der Waals surface area (Å²) in [5.74, 6) is 0.654. The van der Waals surface area contributed by atoms with E-state index in [9.17, 15) is 9.18 Å². The highest BCUT2D eigenvalue weighted by atomic mass is 32.1. The summed E-state index contributed by atoms with van der Waals surface area (Å²) in [7, 11) is 0. The Labute approximate surface area is 133 Å². The molecular weight excluding hydrogens is 303 g/mol. The molecule has 1 heterocycles. The lowest BCUT2D eigenvalue weighted by Crippen LogP contribution is -2.25. The molecule has 0 saturated heterocycles. The van der Waals surface area contributed by atoms with Crippen LogP contribution in [0.25, 0.3) is 0 Å². The van der Waals surface area contributed by atoms with Crippen LogP contribution >= 0.6 is 11.3 Å². The third-order valence-electron chi connectivity index (χ3n) is 2.97. The molecule has 1 aromatic heterocycles. The number of carbonyl (C=O) groups excluding carboxylic acids is 1. The molecule has 6 heteroatoms. The highest BCUT2D eigenvalue weighted by Crippen LogP contribution is 2.16. The van der Waals surface area contributed by atoms with Gasteiger partial charge in [-0.2, -0.15) is 0 Å². The van der Waals surface area contributed by atoms with Crippen molar-refractivity contribution < 1.29 is 13.9 Å². The van der Waals surface area contributed by atoms with E-state index in [1.54, 1.807) is 17.5 Å². The van der Waals surface area contributed by atoms with Crippen molar-refractivity contribution in [1.29, 1.82) is 0 Å². The number of amides is 1. The Kier molecular flexibility index (Phi) is 5.89. The number of carbonyl (C=O) groups is 1. The Morgan fingerprint density at radius 2 is 2.09 bits per heavy atom. The van der Waals surface area contributed by atoms with Gasteiger partial charge >= 0.3 is 0 Å². The van der Waals surface area contributed by atoms with Gasteiger partial charge in [0.25, 0.3) is 5.91 Å². The van der Waals surface area contributed by atoms with Crippen LogP contribution in [0.15, 0.2) is 29.6 Å². The summed E-state index contributed by atoms with van der Waals surface area (Å²) in [4.78, 5) is 16.1. The lowest BCUT2D eigenvalue weighted by atomic mass is 10.1. The fraction of sp³-hybridized carbons (Fsp3) is 0.375. The summed E-state index contributed by atoms with van der Waals surface area (Å²) in [5.41, 5.74) is 0.409. The molecule has 0 spiro atoms. The minimum atomic E-state index is -0.304. The minimum Gasteiger partial charge on any atom is -0.486 e. The average molecular weight is 322 g/mol. The molecule has 2 rings (SSSR count). The van der Waals surface area contributed by atoms with Crippen molar-refractivity contribution in [2.45, 2.75) is 26.9 Å². The lowest BCUT2D eigenvalue weighted by Gasteiger charge is -2.05. The fourth-order valence-corrected chi connectivity index (χ4v) is 2.41. The standard InChI is InChI=1S/C16H19FN2O2S/c1-11(2)7-8-18-16(20)14-10-22-15(19-14)9-21-13-5-3-12(17)4-6-13/h3-6,10-11H,7-9H2,1-2H3,(H,18,20). The number of aromatic nitrogens is 1. The van der Waals surface area contributed by atoms with Gasteiger partial charge in [-0.15, -0.1) is 11.3 Å². The number of halogens is 1. The van der Waals surface area contributed by atoms with Crippen molar-refractivity contribution in [1.82, 2.24) is 10.3 Å². The molecular formula is C16H19FN2O2S. The molecule has 0 saturated carbocycles. The Morgan fingerprint density at radius 1 is 1.36 bits per heavy atom. The molecule has 0 aliphatic heterocycles. The van der Waals surface area contributed by atoms with E-state index < -0.39 is 0 Å². The normalized spacial score (nSPS) is 10.7. The first kappa shape index (κ1) is 16.4. The largest absolute Gasteiger partial charge is 0.486 e. The van der Waals surface area contributed by atoms with Crippen molar-refractivity contribution >= 4 is 17.2 Å². The molecule has 2 aromatic rings. The highest BCUT2D eigenvalue weighted by molar-refractivity contribution is 7.09. The number of ether oxygens (including phenoxy) is 1. The van der Waals surface area contributed by atoms with Crippen LogP contribution < -0.4 is 10.1 Å². The monoisotopic (exact) mass is 322 g/mol. The topological polar surface area (TPSA) is 51.2 Å². The predicted octanol–water partition coefficient (Wildman–Crippen LogP) is 3.64. The first-order chi connectivity index (χ1) is 10.5. The van der Waals surface area contributed by atoms with Crippen LogP contribution in [0.1, 0.15) is 35.8 Å². The summed E-state index contributed by atoms with van der Waals surface area (Å²) in [6.45, 7) is 5.13. The Bertz CT molecular complexity index is 611. The third kappa shape index (κ3) is 5.11. The maximum atomic E-state index is 12.8. The molecule has 0 radical (unpaired) electrons. The number of nitrogens with one attached hydrogen (secondary N) is 1. The molecule has 0 aliphatic carbocycles. The second kappa shape index (κ2) is 7.89. The molecule has 1 aromatic carbocycles. The van der Waals surface area contributed by atoms with E-state index in [0.717, 1.165) is 6.42 Å². The zero-order chi connectivity index (χ0) is 15.9. The van der Waals surface area contributed by atoms with E-state index in [1.807, 2.05) is 0 Å². The Hall–Kier alpha value is -1.95. The van der Waals surface area contributed by atoms with Crippen LogP contribution in [0.4, 0.5) is 4.39 Å². The Balaban J connectivity index is 1.83. The van der Waals surface area contributed by atoms with Gasteiger partial charge in [-0.3, -0.25) is 4.79 Å². The van der Waals surface area contributed by atoms with Crippen LogP contribution in [-0.4, -0.2) is 17.4 Å². The minimum absolute atomic E-state index is 0.162. The third-order valence-corrected chi connectivity index (χ3v) is 3.79. The molecule has 0 aliphatic rings. The van der Waals surface area contributed by atoms with E-state index in [-0.39, 0.29) is 18.3 Å². The smallest absolute Gasteiger partial charge is 0.270 e. The van der Waals surface area contributed by atoms with Crippen LogP contribution in [0, 0.1) is 11.7 Å². The summed E-state index contributed by atoms with van der Waals surface area (Å²) in [6, 6.07) is 5.79. The van der Waals surface area contributed by atoms with Gasteiger partial charge < -0.3 is 10.1 Å². The lowest BCUT2D eigenvalue weighted by molar-refractivity contribution is 0.0947. The molecule has 4 nitrogen and oxygen atoms in total. The SMILES string of the molecule is CC(C)CCNC(=O)c1csc(COc2ccc(F)cc2)n1. The molecule has 0 fully saturated rings. The van der Waals surface area contributed by atoms with Gasteiger partial charge in [-0.05, 0) is 36.6 Å². The molecule has 0 unspecified atom stereocenters. The first-order valence-electron chi connectivity index (χ1n) is 7.15. The van der Waals surface area contributed by atoms with E-state index in [4.69, 9.17) is 4.74 Å². The quantitative estimate of drug-likeness (QED) is 0.847. The van der Waals surface area contributed by atoms with E-state index in [0.29, 0.717) is 28.9 Å². The predicted molar refractivity (Wildman–Crippen MR) is 84.6 cm³/mol. The van der Waals surface area contributed by atoms with Crippen LogP contribution in [0.5, 0.6) is 5.75 Å². The van der Waals surface area contributed by atoms with Crippen molar-refractivity contribution in [2.75, 3.05) is 6.54 Å². The molecule has 0 atom stereocenters. The summed E-state index contributed by atoms with van der Waals surface area (Å²) in [6.07, 6.45) is 0.941. The van der Waals surface area contributed by atoms with Crippen LogP contribution in [0.3, 0.4) is 0 Å². The first-order valence-corrected chi connectivity index (χ1v) is 8.03. The number of benzene rings is 1. The van der Waals surface area contributed by atoms with E-state index >= 15 is 0 Å². The van der Waals surface area contributed by atoms with Crippen LogP contribution in [-0.2, 0) is 6.61 Å². The molecule has 118 valence electrons. The van der Waals surface area contributed by atoms with Gasteiger partial charge in [0.1, 0.15) is 28.9 Å². The van der Waals surface area contributed by atoms with Gasteiger partial charge in [-0.25, -0.2) is 9.37 Å².